The van der Waals surface area contributed by atoms with Crippen molar-refractivity contribution in [2.45, 2.75) is 6.61 Å². The summed E-state index contributed by atoms with van der Waals surface area (Å²) in [5, 5.41) is 0.0741. The first-order valence-corrected chi connectivity index (χ1v) is 9.66. The van der Waals surface area contributed by atoms with Crippen LogP contribution in [0.3, 0.4) is 0 Å². The van der Waals surface area contributed by atoms with Crippen LogP contribution in [0.4, 0.5) is 4.79 Å². The summed E-state index contributed by atoms with van der Waals surface area (Å²) < 4.78 is 11.3. The molecule has 0 saturated carbocycles. The lowest BCUT2D eigenvalue weighted by Crippen LogP contribution is -2.36. The van der Waals surface area contributed by atoms with Crippen molar-refractivity contribution >= 4 is 46.5 Å². The maximum absolute atomic E-state index is 12.5. The van der Waals surface area contributed by atoms with Gasteiger partial charge in [0.1, 0.15) is 13.2 Å². The minimum atomic E-state index is -0.762. The summed E-state index contributed by atoms with van der Waals surface area (Å²) in [5.41, 5.74) is 6.56. The average Bonchev–Trinajstić information content (AvgIpc) is 2.95. The molecule has 1 aliphatic rings. The molecule has 3 rings (SSSR count). The van der Waals surface area contributed by atoms with Crippen LogP contribution in [0.5, 0.6) is 11.5 Å². The Morgan fingerprint density at radius 3 is 2.59 bits per heavy atom. The lowest BCUT2D eigenvalue weighted by molar-refractivity contribution is -0.127. The van der Waals surface area contributed by atoms with Gasteiger partial charge in [-0.05, 0) is 41.6 Å². The molecule has 0 aromatic heterocycles. The van der Waals surface area contributed by atoms with Crippen molar-refractivity contribution in [2.75, 3.05) is 13.7 Å². The van der Waals surface area contributed by atoms with Gasteiger partial charge < -0.3 is 15.2 Å². The molecule has 1 fully saturated rings. The van der Waals surface area contributed by atoms with Crippen LogP contribution in [-0.4, -0.2) is 35.6 Å². The van der Waals surface area contributed by atoms with Gasteiger partial charge in [-0.2, -0.15) is 0 Å². The zero-order chi connectivity index (χ0) is 21.0. The number of rotatable bonds is 7. The molecule has 1 saturated heterocycles. The zero-order valence-corrected chi connectivity index (χ0v) is 17.0. The van der Waals surface area contributed by atoms with E-state index in [1.165, 1.54) is 13.2 Å². The lowest BCUT2D eigenvalue weighted by Gasteiger charge is -2.14. The third-order valence-electron chi connectivity index (χ3n) is 4.00. The fourth-order valence-electron chi connectivity index (χ4n) is 2.63. The number of amides is 3. The highest BCUT2D eigenvalue weighted by Crippen LogP contribution is 2.37. The third kappa shape index (κ3) is 4.90. The quantitative estimate of drug-likeness (QED) is 0.673. The minimum Gasteiger partial charge on any atom is -0.493 e. The SMILES string of the molecule is COc1cccc(/C=C2\SC(=O)N(CC(N)=O)C2=O)c1OCc1ccc(Cl)cc1. The molecule has 0 spiro atoms. The minimum absolute atomic E-state index is 0.167. The molecular formula is C20H17ClN2O5S. The molecule has 2 N–H and O–H groups in total. The number of nitrogens with zero attached hydrogens (tertiary/aromatic N) is 1. The first kappa shape index (κ1) is 20.8. The first-order chi connectivity index (χ1) is 13.9. The summed E-state index contributed by atoms with van der Waals surface area (Å²) in [6.45, 7) is -0.207. The molecule has 1 heterocycles. The number of ether oxygens (including phenoxy) is 2. The Morgan fingerprint density at radius 2 is 1.93 bits per heavy atom. The van der Waals surface area contributed by atoms with Gasteiger partial charge >= 0.3 is 0 Å². The van der Waals surface area contributed by atoms with E-state index < -0.39 is 23.6 Å². The first-order valence-electron chi connectivity index (χ1n) is 8.47. The lowest BCUT2D eigenvalue weighted by atomic mass is 10.1. The number of hydrogen-bond acceptors (Lipinski definition) is 6. The van der Waals surface area contributed by atoms with Gasteiger partial charge in [0.2, 0.25) is 5.91 Å². The van der Waals surface area contributed by atoms with E-state index >= 15 is 0 Å². The molecular weight excluding hydrogens is 416 g/mol. The van der Waals surface area contributed by atoms with Crippen molar-refractivity contribution in [3.8, 4) is 11.5 Å². The Morgan fingerprint density at radius 1 is 1.21 bits per heavy atom. The normalized spacial score (nSPS) is 15.1. The van der Waals surface area contributed by atoms with Gasteiger partial charge in [-0.25, -0.2) is 0 Å². The maximum atomic E-state index is 12.5. The van der Waals surface area contributed by atoms with Crippen LogP contribution in [0.15, 0.2) is 47.4 Å². The maximum Gasteiger partial charge on any atom is 0.294 e. The molecule has 0 radical (unpaired) electrons. The second-order valence-corrected chi connectivity index (χ2v) is 7.46. The number of primary amides is 1. The number of halogens is 1. The molecule has 1 aliphatic heterocycles. The number of para-hydroxylation sites is 1. The summed E-state index contributed by atoms with van der Waals surface area (Å²) >= 11 is 6.64. The topological polar surface area (TPSA) is 98.9 Å². The Kier molecular flexibility index (Phi) is 6.46. The number of thioether (sulfide) groups is 1. The van der Waals surface area contributed by atoms with Crippen molar-refractivity contribution in [1.29, 1.82) is 0 Å². The number of imide groups is 1. The fraction of sp³-hybridized carbons (Fsp3) is 0.150. The van der Waals surface area contributed by atoms with Crippen LogP contribution in [0.1, 0.15) is 11.1 Å². The van der Waals surface area contributed by atoms with E-state index in [-0.39, 0.29) is 11.5 Å². The molecule has 150 valence electrons. The van der Waals surface area contributed by atoms with E-state index in [0.717, 1.165) is 22.2 Å². The van der Waals surface area contributed by atoms with Gasteiger partial charge in [0, 0.05) is 10.6 Å². The Balaban J connectivity index is 1.88. The van der Waals surface area contributed by atoms with Crippen LogP contribution < -0.4 is 15.2 Å². The highest BCUT2D eigenvalue weighted by atomic mass is 35.5. The third-order valence-corrected chi connectivity index (χ3v) is 5.16. The molecule has 7 nitrogen and oxygen atoms in total. The van der Waals surface area contributed by atoms with E-state index in [1.54, 1.807) is 30.3 Å². The smallest absolute Gasteiger partial charge is 0.294 e. The molecule has 2 aromatic rings. The average molecular weight is 433 g/mol. The number of hydrogen-bond donors (Lipinski definition) is 1. The summed E-state index contributed by atoms with van der Waals surface area (Å²) in [5.74, 6) is -0.442. The van der Waals surface area contributed by atoms with E-state index in [1.807, 2.05) is 12.1 Å². The van der Waals surface area contributed by atoms with Crippen molar-refractivity contribution in [3.05, 3.63) is 63.5 Å². The monoisotopic (exact) mass is 432 g/mol. The fourth-order valence-corrected chi connectivity index (χ4v) is 3.59. The highest BCUT2D eigenvalue weighted by Gasteiger charge is 2.36. The summed E-state index contributed by atoms with van der Waals surface area (Å²) in [4.78, 5) is 36.5. The van der Waals surface area contributed by atoms with E-state index in [2.05, 4.69) is 0 Å². The Labute approximate surface area is 176 Å². The predicted octanol–water partition coefficient (Wildman–Crippen LogP) is 3.45. The number of methoxy groups -OCH3 is 1. The van der Waals surface area contributed by atoms with Crippen molar-refractivity contribution < 1.29 is 23.9 Å². The van der Waals surface area contributed by atoms with E-state index in [0.29, 0.717) is 22.1 Å². The van der Waals surface area contributed by atoms with E-state index in [4.69, 9.17) is 26.8 Å². The van der Waals surface area contributed by atoms with Gasteiger partial charge in [0.15, 0.2) is 11.5 Å². The molecule has 9 heteroatoms. The van der Waals surface area contributed by atoms with Crippen LogP contribution in [0.2, 0.25) is 5.02 Å². The Hall–Kier alpha value is -2.97. The Bertz CT molecular complexity index is 991. The van der Waals surface area contributed by atoms with Gasteiger partial charge in [-0.3, -0.25) is 19.3 Å². The number of nitrogens with two attached hydrogens (primary N) is 1. The van der Waals surface area contributed by atoms with Crippen LogP contribution in [0, 0.1) is 0 Å². The number of carbonyl (C=O) groups excluding carboxylic acids is 3. The van der Waals surface area contributed by atoms with Crippen molar-refractivity contribution in [3.63, 3.8) is 0 Å². The van der Waals surface area contributed by atoms with Gasteiger partial charge in [0.05, 0.1) is 12.0 Å². The molecule has 3 amide bonds. The van der Waals surface area contributed by atoms with Crippen LogP contribution in [-0.2, 0) is 16.2 Å². The molecule has 0 aliphatic carbocycles. The van der Waals surface area contributed by atoms with Crippen LogP contribution >= 0.6 is 23.4 Å². The van der Waals surface area contributed by atoms with Crippen LogP contribution in [0.25, 0.3) is 6.08 Å². The largest absolute Gasteiger partial charge is 0.493 e. The number of carbonyl (C=O) groups is 3. The number of benzene rings is 2. The van der Waals surface area contributed by atoms with Crippen molar-refractivity contribution in [1.82, 2.24) is 4.90 Å². The van der Waals surface area contributed by atoms with Gasteiger partial charge in [-0.15, -0.1) is 0 Å². The standard InChI is InChI=1S/C20H17ClN2O5S/c1-27-15-4-2-3-13(18(15)28-11-12-5-7-14(21)8-6-12)9-16-19(25)23(10-17(22)24)20(26)29-16/h2-9H,10-11H2,1H3,(H2,22,24)/b16-9-. The molecule has 0 unspecified atom stereocenters. The highest BCUT2D eigenvalue weighted by molar-refractivity contribution is 8.18. The van der Waals surface area contributed by atoms with Crippen molar-refractivity contribution in [2.24, 2.45) is 5.73 Å². The summed E-state index contributed by atoms with van der Waals surface area (Å²) in [6, 6.07) is 12.4. The second-order valence-electron chi connectivity index (χ2n) is 6.03. The summed E-state index contributed by atoms with van der Waals surface area (Å²) in [7, 11) is 1.51. The molecule has 29 heavy (non-hydrogen) atoms. The van der Waals surface area contributed by atoms with Gasteiger partial charge in [-0.1, -0.05) is 35.9 Å². The van der Waals surface area contributed by atoms with Gasteiger partial charge in [0.25, 0.3) is 11.1 Å². The predicted molar refractivity (Wildman–Crippen MR) is 111 cm³/mol. The molecule has 0 atom stereocenters. The van der Waals surface area contributed by atoms with E-state index in [9.17, 15) is 14.4 Å². The summed E-state index contributed by atoms with van der Waals surface area (Å²) in [6.07, 6.45) is 1.53. The zero-order valence-electron chi connectivity index (χ0n) is 15.4. The molecule has 0 bridgehead atoms. The molecule has 2 aromatic carbocycles. The second kappa shape index (κ2) is 9.02.